The van der Waals surface area contributed by atoms with Crippen molar-refractivity contribution in [1.29, 1.82) is 0 Å². The van der Waals surface area contributed by atoms with Gasteiger partial charge in [-0.1, -0.05) is 6.92 Å². The number of morpholine rings is 1. The van der Waals surface area contributed by atoms with Crippen molar-refractivity contribution in [1.82, 2.24) is 9.88 Å². The summed E-state index contributed by atoms with van der Waals surface area (Å²) in [4.78, 5) is 17.9. The average Bonchev–Trinajstić information content (AvgIpc) is 2.92. The van der Waals surface area contributed by atoms with Gasteiger partial charge < -0.3 is 9.64 Å². The van der Waals surface area contributed by atoms with E-state index < -0.39 is 9.84 Å². The van der Waals surface area contributed by atoms with Gasteiger partial charge in [0.05, 0.1) is 35.4 Å². The van der Waals surface area contributed by atoms with Gasteiger partial charge in [-0.05, 0) is 6.42 Å². The van der Waals surface area contributed by atoms with Crippen molar-refractivity contribution in [3.63, 3.8) is 0 Å². The van der Waals surface area contributed by atoms with E-state index in [0.29, 0.717) is 32.0 Å². The largest absolute Gasteiger partial charge is 0.378 e. The fraction of sp³-hybridized carbons (Fsp3) is 0.692. The molecule has 1 aliphatic rings. The zero-order valence-electron chi connectivity index (χ0n) is 12.1. The summed E-state index contributed by atoms with van der Waals surface area (Å²) in [5, 5.41) is 2.71. The summed E-state index contributed by atoms with van der Waals surface area (Å²) in [5.41, 5.74) is 0.579. The van der Waals surface area contributed by atoms with Crippen LogP contribution in [-0.4, -0.2) is 56.3 Å². The van der Waals surface area contributed by atoms with Crippen LogP contribution in [0.15, 0.2) is 5.38 Å². The first-order valence-electron chi connectivity index (χ1n) is 6.99. The SMILES string of the molecule is CCc1nc(CS(=O)(=O)CCC(=O)N2CCOCC2)cs1. The predicted octanol–water partition coefficient (Wildman–Crippen LogP) is 0.869. The minimum Gasteiger partial charge on any atom is -0.378 e. The van der Waals surface area contributed by atoms with Crippen LogP contribution in [0.4, 0.5) is 0 Å². The number of ether oxygens (including phenoxy) is 1. The van der Waals surface area contributed by atoms with Gasteiger partial charge in [0.2, 0.25) is 5.91 Å². The fourth-order valence-electron chi connectivity index (χ4n) is 2.09. The smallest absolute Gasteiger partial charge is 0.223 e. The number of amides is 1. The number of rotatable bonds is 6. The highest BCUT2D eigenvalue weighted by atomic mass is 32.2. The first-order chi connectivity index (χ1) is 10.00. The highest BCUT2D eigenvalue weighted by Crippen LogP contribution is 2.14. The Kier molecular flexibility index (Phi) is 5.72. The van der Waals surface area contributed by atoms with E-state index in [0.717, 1.165) is 11.4 Å². The van der Waals surface area contributed by atoms with Crippen molar-refractivity contribution in [2.75, 3.05) is 32.1 Å². The number of nitrogens with zero attached hydrogens (tertiary/aromatic N) is 2. The summed E-state index contributed by atoms with van der Waals surface area (Å²) in [6, 6.07) is 0. The number of carbonyl (C=O) groups excluding carboxylic acids is 1. The van der Waals surface area contributed by atoms with E-state index in [4.69, 9.17) is 4.74 Å². The summed E-state index contributed by atoms with van der Waals surface area (Å²) >= 11 is 1.47. The molecule has 0 bridgehead atoms. The van der Waals surface area contributed by atoms with E-state index >= 15 is 0 Å². The van der Waals surface area contributed by atoms with E-state index in [-0.39, 0.29) is 23.8 Å². The summed E-state index contributed by atoms with van der Waals surface area (Å²) in [6.07, 6.45) is 0.841. The maximum absolute atomic E-state index is 12.1. The molecule has 0 spiro atoms. The third-order valence-corrected chi connectivity index (χ3v) is 5.86. The molecule has 0 radical (unpaired) electrons. The van der Waals surface area contributed by atoms with Gasteiger partial charge in [-0.25, -0.2) is 13.4 Å². The maximum Gasteiger partial charge on any atom is 0.223 e. The minimum atomic E-state index is -3.30. The molecule has 21 heavy (non-hydrogen) atoms. The van der Waals surface area contributed by atoms with Crippen LogP contribution in [0, 0.1) is 0 Å². The molecule has 1 fully saturated rings. The van der Waals surface area contributed by atoms with Gasteiger partial charge in [-0.3, -0.25) is 4.79 Å². The van der Waals surface area contributed by atoms with E-state index in [1.54, 1.807) is 10.3 Å². The molecular weight excluding hydrogens is 312 g/mol. The Balaban J connectivity index is 1.84. The number of aryl methyl sites for hydroxylation is 1. The molecule has 0 N–H and O–H groups in total. The third-order valence-electron chi connectivity index (χ3n) is 3.26. The first kappa shape index (κ1) is 16.4. The van der Waals surface area contributed by atoms with Crippen molar-refractivity contribution in [3.05, 3.63) is 16.1 Å². The molecule has 2 rings (SSSR count). The Morgan fingerprint density at radius 2 is 2.14 bits per heavy atom. The Bertz CT molecular complexity index is 577. The molecule has 1 aromatic rings. The quantitative estimate of drug-likeness (QED) is 0.772. The van der Waals surface area contributed by atoms with Crippen LogP contribution in [0.3, 0.4) is 0 Å². The van der Waals surface area contributed by atoms with Crippen LogP contribution in [0.2, 0.25) is 0 Å². The molecule has 6 nitrogen and oxygen atoms in total. The molecule has 118 valence electrons. The van der Waals surface area contributed by atoms with Gasteiger partial charge in [0.1, 0.15) is 0 Å². The number of hydrogen-bond acceptors (Lipinski definition) is 6. The number of carbonyl (C=O) groups is 1. The van der Waals surface area contributed by atoms with E-state index in [2.05, 4.69) is 4.98 Å². The van der Waals surface area contributed by atoms with Gasteiger partial charge in [-0.15, -0.1) is 11.3 Å². The molecule has 0 unspecified atom stereocenters. The monoisotopic (exact) mass is 332 g/mol. The van der Waals surface area contributed by atoms with Crippen LogP contribution in [0.1, 0.15) is 24.0 Å². The number of sulfone groups is 1. The molecule has 0 saturated carbocycles. The number of hydrogen-bond donors (Lipinski definition) is 0. The van der Waals surface area contributed by atoms with Gasteiger partial charge >= 0.3 is 0 Å². The molecule has 0 aliphatic carbocycles. The summed E-state index contributed by atoms with van der Waals surface area (Å²) < 4.78 is 29.3. The highest BCUT2D eigenvalue weighted by molar-refractivity contribution is 7.90. The van der Waals surface area contributed by atoms with Crippen LogP contribution in [-0.2, 0) is 31.5 Å². The molecule has 1 amide bonds. The molecule has 0 atom stereocenters. The predicted molar refractivity (Wildman–Crippen MR) is 81.0 cm³/mol. The number of aromatic nitrogens is 1. The lowest BCUT2D eigenvalue weighted by molar-refractivity contribution is -0.134. The first-order valence-corrected chi connectivity index (χ1v) is 9.69. The van der Waals surface area contributed by atoms with Crippen molar-refractivity contribution >= 4 is 27.1 Å². The van der Waals surface area contributed by atoms with Crippen LogP contribution in [0.25, 0.3) is 0 Å². The lowest BCUT2D eigenvalue weighted by Crippen LogP contribution is -2.41. The molecule has 1 saturated heterocycles. The Labute approximate surface area is 129 Å². The lowest BCUT2D eigenvalue weighted by atomic mass is 10.3. The second-order valence-electron chi connectivity index (χ2n) is 4.92. The normalized spacial score (nSPS) is 16.1. The van der Waals surface area contributed by atoms with E-state index in [1.807, 2.05) is 6.92 Å². The molecule has 1 aliphatic heterocycles. The van der Waals surface area contributed by atoms with E-state index in [9.17, 15) is 13.2 Å². The summed E-state index contributed by atoms with van der Waals surface area (Å²) in [5.74, 6) is -0.323. The van der Waals surface area contributed by atoms with Crippen molar-refractivity contribution in [3.8, 4) is 0 Å². The van der Waals surface area contributed by atoms with Crippen molar-refractivity contribution < 1.29 is 17.9 Å². The second-order valence-corrected chi connectivity index (χ2v) is 8.05. The van der Waals surface area contributed by atoms with Gasteiger partial charge in [0.15, 0.2) is 9.84 Å². The van der Waals surface area contributed by atoms with Gasteiger partial charge in [0, 0.05) is 24.9 Å². The topological polar surface area (TPSA) is 76.6 Å². The van der Waals surface area contributed by atoms with Gasteiger partial charge in [-0.2, -0.15) is 0 Å². The minimum absolute atomic E-state index is 0.0348. The van der Waals surface area contributed by atoms with Crippen molar-refractivity contribution in [2.24, 2.45) is 0 Å². The molecular formula is C13H20N2O4S2. The zero-order chi connectivity index (χ0) is 15.3. The molecule has 8 heteroatoms. The third kappa shape index (κ3) is 5.05. The maximum atomic E-state index is 12.1. The van der Waals surface area contributed by atoms with Gasteiger partial charge in [0.25, 0.3) is 0 Å². The Hall–Kier alpha value is -0.990. The molecule has 2 heterocycles. The lowest BCUT2D eigenvalue weighted by Gasteiger charge is -2.26. The fourth-order valence-corrected chi connectivity index (χ4v) is 4.17. The van der Waals surface area contributed by atoms with Crippen LogP contribution >= 0.6 is 11.3 Å². The zero-order valence-corrected chi connectivity index (χ0v) is 13.7. The summed E-state index contributed by atoms with van der Waals surface area (Å²) in [7, 11) is -3.30. The number of thiazole rings is 1. The van der Waals surface area contributed by atoms with Crippen LogP contribution < -0.4 is 0 Å². The van der Waals surface area contributed by atoms with E-state index in [1.165, 1.54) is 11.3 Å². The van der Waals surface area contributed by atoms with Crippen molar-refractivity contribution in [2.45, 2.75) is 25.5 Å². The Morgan fingerprint density at radius 3 is 2.76 bits per heavy atom. The average molecular weight is 332 g/mol. The van der Waals surface area contributed by atoms with Crippen LogP contribution in [0.5, 0.6) is 0 Å². The standard InChI is InChI=1S/C13H20N2O4S2/c1-2-12-14-11(9-20-12)10-21(17,18)8-3-13(16)15-4-6-19-7-5-15/h9H,2-8,10H2,1H3. The summed E-state index contributed by atoms with van der Waals surface area (Å²) in [6.45, 7) is 4.13. The molecule has 0 aromatic carbocycles. The highest BCUT2D eigenvalue weighted by Gasteiger charge is 2.21. The Morgan fingerprint density at radius 1 is 1.43 bits per heavy atom. The molecule has 1 aromatic heterocycles. The second kappa shape index (κ2) is 7.33.